The van der Waals surface area contributed by atoms with Crippen LogP contribution in [0.15, 0.2) is 22.3 Å². The summed E-state index contributed by atoms with van der Waals surface area (Å²) in [5.74, 6) is 2.15. The average Bonchev–Trinajstić information content (AvgIpc) is 2.71. The minimum absolute atomic E-state index is 0.217. The summed E-state index contributed by atoms with van der Waals surface area (Å²) < 4.78 is 1.86. The lowest BCUT2D eigenvalue weighted by Gasteiger charge is -2.08. The van der Waals surface area contributed by atoms with E-state index in [1.165, 1.54) is 24.2 Å². The van der Waals surface area contributed by atoms with Crippen molar-refractivity contribution in [1.29, 1.82) is 0 Å². The molecule has 0 spiro atoms. The number of H-pyrrole nitrogens is 1. The van der Waals surface area contributed by atoms with Crippen LogP contribution in [0.2, 0.25) is 0 Å². The SMILES string of the molecule is CC(C)Cn1ncnc1CSc1nc(N)cc(=O)[nH]1. The highest BCUT2D eigenvalue weighted by Crippen LogP contribution is 2.17. The van der Waals surface area contributed by atoms with Gasteiger partial charge >= 0.3 is 0 Å². The zero-order valence-corrected chi connectivity index (χ0v) is 11.6. The lowest BCUT2D eigenvalue weighted by atomic mass is 10.2. The van der Waals surface area contributed by atoms with Crippen LogP contribution in [0, 0.1) is 5.92 Å². The topological polar surface area (TPSA) is 102 Å². The van der Waals surface area contributed by atoms with Crippen molar-refractivity contribution in [2.45, 2.75) is 31.3 Å². The number of aromatic amines is 1. The first-order chi connectivity index (χ1) is 9.04. The summed E-state index contributed by atoms with van der Waals surface area (Å²) in [6.07, 6.45) is 1.54. The third kappa shape index (κ3) is 3.82. The van der Waals surface area contributed by atoms with E-state index in [0.717, 1.165) is 12.4 Å². The number of hydrogen-bond donors (Lipinski definition) is 2. The standard InChI is InChI=1S/C11H16N6OS/c1-7(2)4-17-9(13-6-14-17)5-19-11-15-8(12)3-10(18)16-11/h3,6-7H,4-5H2,1-2H3,(H3,12,15,16,18). The largest absolute Gasteiger partial charge is 0.383 e. The molecule has 0 radical (unpaired) electrons. The maximum atomic E-state index is 11.3. The number of nitrogens with zero attached hydrogens (tertiary/aromatic N) is 4. The number of nitrogens with one attached hydrogen (secondary N) is 1. The molecule has 2 aromatic rings. The highest BCUT2D eigenvalue weighted by atomic mass is 32.2. The van der Waals surface area contributed by atoms with Crippen LogP contribution in [0.4, 0.5) is 5.82 Å². The van der Waals surface area contributed by atoms with Gasteiger partial charge in [0.25, 0.3) is 5.56 Å². The minimum Gasteiger partial charge on any atom is -0.383 e. The molecule has 8 heteroatoms. The Morgan fingerprint density at radius 2 is 2.32 bits per heavy atom. The smallest absolute Gasteiger partial charge is 0.253 e. The molecule has 3 N–H and O–H groups in total. The maximum absolute atomic E-state index is 11.3. The van der Waals surface area contributed by atoms with Crippen LogP contribution in [-0.4, -0.2) is 24.7 Å². The van der Waals surface area contributed by atoms with Gasteiger partial charge in [0.15, 0.2) is 5.16 Å². The Morgan fingerprint density at radius 1 is 1.53 bits per heavy atom. The first-order valence-corrected chi connectivity index (χ1v) is 6.89. The van der Waals surface area contributed by atoms with E-state index in [2.05, 4.69) is 33.9 Å². The normalized spacial score (nSPS) is 11.1. The van der Waals surface area contributed by atoms with E-state index in [4.69, 9.17) is 5.73 Å². The van der Waals surface area contributed by atoms with Gasteiger partial charge in [0.1, 0.15) is 18.0 Å². The van der Waals surface area contributed by atoms with Crippen molar-refractivity contribution in [3.63, 3.8) is 0 Å². The van der Waals surface area contributed by atoms with Crippen molar-refractivity contribution in [1.82, 2.24) is 24.7 Å². The van der Waals surface area contributed by atoms with Crippen LogP contribution in [0.5, 0.6) is 0 Å². The number of hydrogen-bond acceptors (Lipinski definition) is 6. The zero-order valence-electron chi connectivity index (χ0n) is 10.8. The van der Waals surface area contributed by atoms with Crippen molar-refractivity contribution in [3.8, 4) is 0 Å². The summed E-state index contributed by atoms with van der Waals surface area (Å²) in [5, 5.41) is 4.67. The molecule has 7 nitrogen and oxygen atoms in total. The van der Waals surface area contributed by atoms with Gasteiger partial charge in [0.05, 0.1) is 5.75 Å². The van der Waals surface area contributed by atoms with Crippen LogP contribution < -0.4 is 11.3 Å². The monoisotopic (exact) mass is 280 g/mol. The van der Waals surface area contributed by atoms with Gasteiger partial charge in [-0.05, 0) is 5.92 Å². The van der Waals surface area contributed by atoms with Gasteiger partial charge in [-0.1, -0.05) is 25.6 Å². The van der Waals surface area contributed by atoms with Gasteiger partial charge < -0.3 is 10.7 Å². The van der Waals surface area contributed by atoms with E-state index < -0.39 is 0 Å². The highest BCUT2D eigenvalue weighted by Gasteiger charge is 2.08. The van der Waals surface area contributed by atoms with Crippen molar-refractivity contribution >= 4 is 17.6 Å². The van der Waals surface area contributed by atoms with Gasteiger partial charge in [-0.15, -0.1) is 0 Å². The number of rotatable bonds is 5. The lowest BCUT2D eigenvalue weighted by molar-refractivity contribution is 0.471. The molecular weight excluding hydrogens is 264 g/mol. The lowest BCUT2D eigenvalue weighted by Crippen LogP contribution is -2.11. The van der Waals surface area contributed by atoms with Gasteiger partial charge in [0, 0.05) is 12.6 Å². The van der Waals surface area contributed by atoms with Gasteiger partial charge in [-0.25, -0.2) is 14.6 Å². The number of nitrogen functional groups attached to an aromatic ring is 1. The molecule has 0 unspecified atom stereocenters. The Bertz CT molecular complexity index is 605. The molecule has 2 rings (SSSR count). The first kappa shape index (κ1) is 13.6. The fourth-order valence-electron chi connectivity index (χ4n) is 1.55. The second-order valence-electron chi connectivity index (χ2n) is 4.52. The Kier molecular flexibility index (Phi) is 4.20. The van der Waals surface area contributed by atoms with Crippen molar-refractivity contribution < 1.29 is 0 Å². The summed E-state index contributed by atoms with van der Waals surface area (Å²) in [6, 6.07) is 1.26. The van der Waals surface area contributed by atoms with E-state index in [-0.39, 0.29) is 11.4 Å². The molecule has 0 aliphatic heterocycles. The summed E-state index contributed by atoms with van der Waals surface area (Å²) in [6.45, 7) is 5.06. The molecule has 0 amide bonds. The van der Waals surface area contributed by atoms with Gasteiger partial charge in [-0.3, -0.25) is 4.79 Å². The second kappa shape index (κ2) is 5.87. The molecule has 102 valence electrons. The Balaban J connectivity index is 2.06. The number of anilines is 1. The van der Waals surface area contributed by atoms with Crippen LogP contribution in [0.1, 0.15) is 19.7 Å². The molecule has 0 bridgehead atoms. The van der Waals surface area contributed by atoms with E-state index in [1.54, 1.807) is 0 Å². The number of thioether (sulfide) groups is 1. The quantitative estimate of drug-likeness (QED) is 0.623. The summed E-state index contributed by atoms with van der Waals surface area (Å²) in [5.41, 5.74) is 5.28. The molecule has 2 heterocycles. The van der Waals surface area contributed by atoms with Crippen molar-refractivity contribution in [3.05, 3.63) is 28.6 Å². The van der Waals surface area contributed by atoms with Crippen LogP contribution in [0.3, 0.4) is 0 Å². The zero-order chi connectivity index (χ0) is 13.8. The molecule has 0 saturated heterocycles. The molecule has 0 fully saturated rings. The third-order valence-electron chi connectivity index (χ3n) is 2.31. The van der Waals surface area contributed by atoms with Crippen molar-refractivity contribution in [2.24, 2.45) is 5.92 Å². The molecular formula is C11H16N6OS. The Labute approximate surface area is 114 Å². The number of aromatic nitrogens is 5. The van der Waals surface area contributed by atoms with E-state index >= 15 is 0 Å². The van der Waals surface area contributed by atoms with E-state index in [0.29, 0.717) is 16.8 Å². The van der Waals surface area contributed by atoms with Crippen LogP contribution in [-0.2, 0) is 12.3 Å². The van der Waals surface area contributed by atoms with E-state index in [9.17, 15) is 4.79 Å². The van der Waals surface area contributed by atoms with Gasteiger partial charge in [0.2, 0.25) is 0 Å². The fraction of sp³-hybridized carbons (Fsp3) is 0.455. The maximum Gasteiger partial charge on any atom is 0.253 e. The average molecular weight is 280 g/mol. The van der Waals surface area contributed by atoms with Crippen LogP contribution in [0.25, 0.3) is 0 Å². The highest BCUT2D eigenvalue weighted by molar-refractivity contribution is 7.98. The molecule has 19 heavy (non-hydrogen) atoms. The van der Waals surface area contributed by atoms with Crippen LogP contribution >= 0.6 is 11.8 Å². The summed E-state index contributed by atoms with van der Waals surface area (Å²) in [7, 11) is 0. The molecule has 0 aliphatic rings. The molecule has 0 saturated carbocycles. The molecule has 2 aromatic heterocycles. The van der Waals surface area contributed by atoms with Gasteiger partial charge in [-0.2, -0.15) is 5.10 Å². The summed E-state index contributed by atoms with van der Waals surface area (Å²) >= 11 is 1.38. The second-order valence-corrected chi connectivity index (χ2v) is 5.48. The Hall–Kier alpha value is -1.83. The van der Waals surface area contributed by atoms with Crippen molar-refractivity contribution in [2.75, 3.05) is 5.73 Å². The fourth-order valence-corrected chi connectivity index (χ4v) is 2.38. The molecule has 0 aliphatic carbocycles. The summed E-state index contributed by atoms with van der Waals surface area (Å²) in [4.78, 5) is 22.2. The molecule has 0 atom stereocenters. The minimum atomic E-state index is -0.251. The Morgan fingerprint density at radius 3 is 3.00 bits per heavy atom. The third-order valence-corrected chi connectivity index (χ3v) is 3.18. The first-order valence-electron chi connectivity index (χ1n) is 5.91. The van der Waals surface area contributed by atoms with E-state index in [1.807, 2.05) is 4.68 Å². The molecule has 0 aromatic carbocycles. The number of nitrogens with two attached hydrogens (primary N) is 1. The predicted molar refractivity (Wildman–Crippen MR) is 73.7 cm³/mol. The predicted octanol–water partition coefficient (Wildman–Crippen LogP) is 0.892.